The fourth-order valence-electron chi connectivity index (χ4n) is 2.70. The lowest BCUT2D eigenvalue weighted by Gasteiger charge is -2.14. The van der Waals surface area contributed by atoms with Gasteiger partial charge < -0.3 is 5.32 Å². The first kappa shape index (κ1) is 12.3. The first-order chi connectivity index (χ1) is 8.22. The van der Waals surface area contributed by atoms with Crippen LogP contribution in [0.4, 0.5) is 0 Å². The summed E-state index contributed by atoms with van der Waals surface area (Å²) in [6.07, 6.45) is 3.12. The van der Waals surface area contributed by atoms with Gasteiger partial charge in [0.1, 0.15) is 0 Å². The highest BCUT2D eigenvalue weighted by Gasteiger charge is 2.30. The largest absolute Gasteiger partial charge is 0.320 e. The lowest BCUT2D eigenvalue weighted by molar-refractivity contribution is 0.0919. The molecular formula is C15H21NO. The van der Waals surface area contributed by atoms with Gasteiger partial charge in [0.05, 0.1) is 0 Å². The van der Waals surface area contributed by atoms with Gasteiger partial charge in [0.25, 0.3) is 0 Å². The summed E-state index contributed by atoms with van der Waals surface area (Å²) < 4.78 is 0. The van der Waals surface area contributed by atoms with E-state index in [1.807, 2.05) is 25.2 Å². The monoisotopic (exact) mass is 231 g/mol. The van der Waals surface area contributed by atoms with Gasteiger partial charge in [-0.3, -0.25) is 4.79 Å². The zero-order valence-corrected chi connectivity index (χ0v) is 10.7. The zero-order chi connectivity index (χ0) is 12.3. The first-order valence-electron chi connectivity index (χ1n) is 6.49. The molecule has 0 amide bonds. The van der Waals surface area contributed by atoms with E-state index < -0.39 is 0 Å². The molecule has 0 fully saturated rings. The maximum atomic E-state index is 12.2. The van der Waals surface area contributed by atoms with Gasteiger partial charge in [0.15, 0.2) is 5.78 Å². The van der Waals surface area contributed by atoms with E-state index in [1.165, 1.54) is 5.56 Å². The Morgan fingerprint density at radius 2 is 2.18 bits per heavy atom. The lowest BCUT2D eigenvalue weighted by Crippen LogP contribution is -2.17. The quantitative estimate of drug-likeness (QED) is 0.844. The van der Waals surface area contributed by atoms with Crippen LogP contribution in [0.15, 0.2) is 24.3 Å². The third-order valence-electron chi connectivity index (χ3n) is 3.69. The summed E-state index contributed by atoms with van der Waals surface area (Å²) in [6, 6.07) is 8.05. The van der Waals surface area contributed by atoms with Crippen molar-refractivity contribution in [1.29, 1.82) is 0 Å². The second-order valence-electron chi connectivity index (χ2n) is 5.16. The number of hydrogen-bond donors (Lipinski definition) is 1. The van der Waals surface area contributed by atoms with Crippen LogP contribution in [0.1, 0.15) is 35.7 Å². The Bertz CT molecular complexity index is 400. The van der Waals surface area contributed by atoms with Gasteiger partial charge in [-0.25, -0.2) is 0 Å². The van der Waals surface area contributed by atoms with Crippen LogP contribution in [-0.2, 0) is 6.42 Å². The Morgan fingerprint density at radius 1 is 1.41 bits per heavy atom. The molecule has 1 aromatic carbocycles. The van der Waals surface area contributed by atoms with Gasteiger partial charge in [0, 0.05) is 11.5 Å². The number of fused-ring (bicyclic) bond motifs is 1. The minimum absolute atomic E-state index is 0.222. The summed E-state index contributed by atoms with van der Waals surface area (Å²) in [5.41, 5.74) is 2.20. The number of nitrogens with one attached hydrogen (secondary N) is 1. The van der Waals surface area contributed by atoms with Crippen molar-refractivity contribution in [2.45, 2.75) is 26.2 Å². The molecule has 0 heterocycles. The third-order valence-corrected chi connectivity index (χ3v) is 3.69. The molecule has 2 nitrogen and oxygen atoms in total. The van der Waals surface area contributed by atoms with Crippen molar-refractivity contribution >= 4 is 5.78 Å². The molecule has 1 N–H and O–H groups in total. The summed E-state index contributed by atoms with van der Waals surface area (Å²) >= 11 is 0. The number of hydrogen-bond acceptors (Lipinski definition) is 2. The Labute approximate surface area is 103 Å². The number of carbonyl (C=O) groups is 1. The second kappa shape index (κ2) is 5.46. The highest BCUT2D eigenvalue weighted by molar-refractivity contribution is 6.02. The van der Waals surface area contributed by atoms with Gasteiger partial charge in [-0.1, -0.05) is 31.2 Å². The van der Waals surface area contributed by atoms with E-state index in [1.54, 1.807) is 0 Å². The fraction of sp³-hybridized carbons (Fsp3) is 0.533. The number of Topliss-reactive ketones (excluding diaryl/α,β-unsaturated/α-hetero) is 1. The Balaban J connectivity index is 1.96. The van der Waals surface area contributed by atoms with E-state index in [2.05, 4.69) is 18.3 Å². The number of carbonyl (C=O) groups excluding carboxylic acids is 1. The van der Waals surface area contributed by atoms with Gasteiger partial charge >= 0.3 is 0 Å². The molecule has 2 rings (SSSR count). The molecule has 1 aliphatic carbocycles. The number of ketones is 1. The molecular weight excluding hydrogens is 210 g/mol. The molecule has 17 heavy (non-hydrogen) atoms. The van der Waals surface area contributed by atoms with Gasteiger partial charge in [0.2, 0.25) is 0 Å². The highest BCUT2D eigenvalue weighted by Crippen LogP contribution is 2.31. The van der Waals surface area contributed by atoms with E-state index in [9.17, 15) is 4.79 Å². The third kappa shape index (κ3) is 2.75. The standard InChI is InChI=1S/C15H21NO/c1-11(7-8-16-2)9-13-10-12-5-3-4-6-14(12)15(13)17/h3-6,11,13,16H,7-10H2,1-2H3. The predicted molar refractivity (Wildman–Crippen MR) is 70.3 cm³/mol. The summed E-state index contributed by atoms with van der Waals surface area (Å²) in [7, 11) is 1.98. The van der Waals surface area contributed by atoms with Crippen LogP contribution in [0.2, 0.25) is 0 Å². The summed E-state index contributed by atoms with van der Waals surface area (Å²) in [4.78, 5) is 12.2. The van der Waals surface area contributed by atoms with E-state index in [4.69, 9.17) is 0 Å². The van der Waals surface area contributed by atoms with Crippen molar-refractivity contribution in [3.63, 3.8) is 0 Å². The van der Waals surface area contributed by atoms with Crippen LogP contribution in [-0.4, -0.2) is 19.4 Å². The minimum atomic E-state index is 0.222. The molecule has 1 aliphatic rings. The predicted octanol–water partition coefficient (Wildman–Crippen LogP) is 2.68. The van der Waals surface area contributed by atoms with Crippen LogP contribution in [0.3, 0.4) is 0 Å². The average Bonchev–Trinajstić information content (AvgIpc) is 2.64. The van der Waals surface area contributed by atoms with Crippen molar-refractivity contribution in [2.24, 2.45) is 11.8 Å². The van der Waals surface area contributed by atoms with E-state index >= 15 is 0 Å². The first-order valence-corrected chi connectivity index (χ1v) is 6.49. The SMILES string of the molecule is CNCCC(C)CC1Cc2ccccc2C1=O. The molecule has 2 unspecified atom stereocenters. The van der Waals surface area contributed by atoms with Gasteiger partial charge in [-0.15, -0.1) is 0 Å². The van der Waals surface area contributed by atoms with E-state index in [-0.39, 0.29) is 5.92 Å². The molecule has 0 radical (unpaired) electrons. The average molecular weight is 231 g/mol. The van der Waals surface area contributed by atoms with Crippen LogP contribution in [0.5, 0.6) is 0 Å². The van der Waals surface area contributed by atoms with Crippen molar-refractivity contribution in [3.05, 3.63) is 35.4 Å². The summed E-state index contributed by atoms with van der Waals surface area (Å²) in [5, 5.41) is 3.17. The van der Waals surface area contributed by atoms with E-state index in [0.29, 0.717) is 11.7 Å². The molecule has 92 valence electrons. The Morgan fingerprint density at radius 3 is 2.88 bits per heavy atom. The summed E-state index contributed by atoms with van der Waals surface area (Å²) in [5.74, 6) is 1.20. The van der Waals surface area contributed by atoms with Crippen LogP contribution in [0.25, 0.3) is 0 Å². The van der Waals surface area contributed by atoms with Crippen molar-refractivity contribution in [2.75, 3.05) is 13.6 Å². The second-order valence-corrected chi connectivity index (χ2v) is 5.16. The molecule has 0 saturated carbocycles. The normalized spacial score (nSPS) is 20.4. The van der Waals surface area contributed by atoms with E-state index in [0.717, 1.165) is 31.4 Å². The van der Waals surface area contributed by atoms with Crippen molar-refractivity contribution in [1.82, 2.24) is 5.32 Å². The molecule has 0 aliphatic heterocycles. The molecule has 0 bridgehead atoms. The molecule has 0 saturated heterocycles. The van der Waals surface area contributed by atoms with Crippen molar-refractivity contribution < 1.29 is 4.79 Å². The molecule has 2 atom stereocenters. The van der Waals surface area contributed by atoms with Gasteiger partial charge in [-0.05, 0) is 44.3 Å². The Hall–Kier alpha value is -1.15. The number of rotatable bonds is 5. The van der Waals surface area contributed by atoms with Gasteiger partial charge in [-0.2, -0.15) is 0 Å². The summed E-state index contributed by atoms with van der Waals surface area (Å²) in [6.45, 7) is 3.28. The topological polar surface area (TPSA) is 29.1 Å². The molecule has 1 aromatic rings. The maximum absolute atomic E-state index is 12.2. The van der Waals surface area contributed by atoms with Crippen LogP contribution in [0, 0.1) is 11.8 Å². The zero-order valence-electron chi connectivity index (χ0n) is 10.7. The lowest BCUT2D eigenvalue weighted by atomic mass is 9.91. The minimum Gasteiger partial charge on any atom is -0.320 e. The molecule has 0 spiro atoms. The fourth-order valence-corrected chi connectivity index (χ4v) is 2.70. The smallest absolute Gasteiger partial charge is 0.166 e. The molecule has 0 aromatic heterocycles. The van der Waals surface area contributed by atoms with Crippen molar-refractivity contribution in [3.8, 4) is 0 Å². The number of benzene rings is 1. The Kier molecular flexibility index (Phi) is 3.95. The maximum Gasteiger partial charge on any atom is 0.166 e. The highest BCUT2D eigenvalue weighted by atomic mass is 16.1. The van der Waals surface area contributed by atoms with Crippen LogP contribution < -0.4 is 5.32 Å². The van der Waals surface area contributed by atoms with Crippen LogP contribution >= 0.6 is 0 Å². The molecule has 2 heteroatoms.